The number of nitrogens with zero attached hydrogens (tertiary/aromatic N) is 3. The van der Waals surface area contributed by atoms with Gasteiger partial charge in [-0.2, -0.15) is 10.1 Å². The first-order valence-electron chi connectivity index (χ1n) is 9.00. The maximum atomic E-state index is 12.3. The van der Waals surface area contributed by atoms with E-state index in [9.17, 15) is 4.79 Å². The highest BCUT2D eigenvalue weighted by atomic mass is 16.5. The molecule has 0 atom stereocenters. The number of nitrogens with one attached hydrogen (secondary N) is 2. The minimum absolute atomic E-state index is 0.136. The molecule has 0 aliphatic carbocycles. The zero-order valence-corrected chi connectivity index (χ0v) is 15.3. The molecule has 0 aliphatic rings. The van der Waals surface area contributed by atoms with Gasteiger partial charge in [0.05, 0.1) is 24.0 Å². The van der Waals surface area contributed by atoms with E-state index in [-0.39, 0.29) is 12.3 Å². The van der Waals surface area contributed by atoms with Gasteiger partial charge >= 0.3 is 0 Å². The SMILES string of the molecule is CCOc1ccc(-c2noc(CCC(=O)Nc3cccc4cn[nH]c34)n2)cc1. The number of amides is 1. The Bertz CT molecular complexity index is 1080. The van der Waals surface area contributed by atoms with Crippen molar-refractivity contribution in [3.8, 4) is 17.1 Å². The molecule has 0 saturated heterocycles. The summed E-state index contributed by atoms with van der Waals surface area (Å²) in [6.07, 6.45) is 2.30. The number of H-pyrrole nitrogens is 1. The summed E-state index contributed by atoms with van der Waals surface area (Å²) in [5, 5.41) is 14.7. The number of carbonyl (C=O) groups excluding carboxylic acids is 1. The number of rotatable bonds is 7. The van der Waals surface area contributed by atoms with Crippen LogP contribution in [0.15, 0.2) is 53.2 Å². The number of carbonyl (C=O) groups is 1. The lowest BCUT2D eigenvalue weighted by Gasteiger charge is -2.05. The monoisotopic (exact) mass is 377 g/mol. The van der Waals surface area contributed by atoms with Crippen molar-refractivity contribution in [1.29, 1.82) is 0 Å². The fourth-order valence-corrected chi connectivity index (χ4v) is 2.85. The summed E-state index contributed by atoms with van der Waals surface area (Å²) in [4.78, 5) is 16.6. The van der Waals surface area contributed by atoms with Gasteiger partial charge in [-0.3, -0.25) is 9.89 Å². The largest absolute Gasteiger partial charge is 0.494 e. The maximum absolute atomic E-state index is 12.3. The van der Waals surface area contributed by atoms with Gasteiger partial charge in [-0.1, -0.05) is 17.3 Å². The third-order valence-corrected chi connectivity index (χ3v) is 4.21. The summed E-state index contributed by atoms with van der Waals surface area (Å²) in [5.74, 6) is 1.56. The average molecular weight is 377 g/mol. The van der Waals surface area contributed by atoms with Crippen molar-refractivity contribution in [2.24, 2.45) is 0 Å². The van der Waals surface area contributed by atoms with Gasteiger partial charge in [-0.25, -0.2) is 0 Å². The van der Waals surface area contributed by atoms with Crippen LogP contribution in [-0.4, -0.2) is 32.9 Å². The van der Waals surface area contributed by atoms with Crippen molar-refractivity contribution < 1.29 is 14.1 Å². The number of anilines is 1. The van der Waals surface area contributed by atoms with E-state index in [1.165, 1.54) is 0 Å². The number of ether oxygens (including phenoxy) is 1. The quantitative estimate of drug-likeness (QED) is 0.510. The van der Waals surface area contributed by atoms with Crippen LogP contribution in [0.4, 0.5) is 5.69 Å². The van der Waals surface area contributed by atoms with Crippen LogP contribution < -0.4 is 10.1 Å². The van der Waals surface area contributed by atoms with Gasteiger partial charge in [0, 0.05) is 23.8 Å². The molecule has 0 unspecified atom stereocenters. The molecule has 142 valence electrons. The number of fused-ring (bicyclic) bond motifs is 1. The molecule has 0 spiro atoms. The molecule has 0 saturated carbocycles. The van der Waals surface area contributed by atoms with Crippen LogP contribution in [-0.2, 0) is 11.2 Å². The Kier molecular flexibility index (Phi) is 5.01. The second-order valence-corrected chi connectivity index (χ2v) is 6.16. The summed E-state index contributed by atoms with van der Waals surface area (Å²) >= 11 is 0. The van der Waals surface area contributed by atoms with Crippen LogP contribution in [0.1, 0.15) is 19.2 Å². The van der Waals surface area contributed by atoms with Crippen LogP contribution in [0.2, 0.25) is 0 Å². The average Bonchev–Trinajstić information content (AvgIpc) is 3.37. The topological polar surface area (TPSA) is 106 Å². The van der Waals surface area contributed by atoms with Crippen LogP contribution in [0.3, 0.4) is 0 Å². The van der Waals surface area contributed by atoms with Gasteiger partial charge < -0.3 is 14.6 Å². The van der Waals surface area contributed by atoms with E-state index < -0.39 is 0 Å². The summed E-state index contributed by atoms with van der Waals surface area (Å²) in [7, 11) is 0. The summed E-state index contributed by atoms with van der Waals surface area (Å²) < 4.78 is 10.7. The summed E-state index contributed by atoms with van der Waals surface area (Å²) in [6, 6.07) is 13.1. The first-order chi connectivity index (χ1) is 13.7. The third kappa shape index (κ3) is 3.85. The van der Waals surface area contributed by atoms with E-state index in [2.05, 4.69) is 25.7 Å². The van der Waals surface area contributed by atoms with Crippen molar-refractivity contribution >= 4 is 22.5 Å². The Balaban J connectivity index is 1.36. The molecule has 2 heterocycles. The molecule has 4 aromatic rings. The first kappa shape index (κ1) is 17.7. The number of benzene rings is 2. The van der Waals surface area contributed by atoms with Crippen LogP contribution in [0.5, 0.6) is 5.75 Å². The molecule has 0 bridgehead atoms. The summed E-state index contributed by atoms with van der Waals surface area (Å²) in [5.41, 5.74) is 2.32. The van der Waals surface area contributed by atoms with Crippen LogP contribution in [0, 0.1) is 0 Å². The van der Waals surface area contributed by atoms with Gasteiger partial charge in [-0.05, 0) is 37.3 Å². The Morgan fingerprint density at radius 3 is 2.89 bits per heavy atom. The number of aryl methyl sites for hydroxylation is 1. The normalized spacial score (nSPS) is 10.9. The predicted molar refractivity (Wildman–Crippen MR) is 104 cm³/mol. The maximum Gasteiger partial charge on any atom is 0.227 e. The minimum Gasteiger partial charge on any atom is -0.494 e. The molecule has 2 N–H and O–H groups in total. The Morgan fingerprint density at radius 1 is 1.21 bits per heavy atom. The van der Waals surface area contributed by atoms with Crippen molar-refractivity contribution in [1.82, 2.24) is 20.3 Å². The second kappa shape index (κ2) is 7.91. The van der Waals surface area contributed by atoms with Crippen molar-refractivity contribution in [3.63, 3.8) is 0 Å². The fraction of sp³-hybridized carbons (Fsp3) is 0.200. The van der Waals surface area contributed by atoms with Crippen LogP contribution in [0.25, 0.3) is 22.3 Å². The van der Waals surface area contributed by atoms with Crippen LogP contribution >= 0.6 is 0 Å². The van der Waals surface area contributed by atoms with Gasteiger partial charge in [0.2, 0.25) is 17.6 Å². The van der Waals surface area contributed by atoms with E-state index in [1.807, 2.05) is 49.4 Å². The van der Waals surface area contributed by atoms with Gasteiger partial charge in [0.25, 0.3) is 0 Å². The van der Waals surface area contributed by atoms with E-state index in [1.54, 1.807) is 6.20 Å². The smallest absolute Gasteiger partial charge is 0.227 e. The number of hydrogen-bond acceptors (Lipinski definition) is 6. The standard InChI is InChI=1S/C20H19N5O3/c1-2-27-15-8-6-13(7-9-15)20-23-18(28-25-20)11-10-17(26)22-16-5-3-4-14-12-21-24-19(14)16/h3-9,12H,2,10-11H2,1H3,(H,21,24)(H,22,26). The Labute approximate surface area is 160 Å². The Morgan fingerprint density at radius 2 is 2.07 bits per heavy atom. The first-order valence-corrected chi connectivity index (χ1v) is 9.00. The number of para-hydroxylation sites is 1. The van der Waals surface area contributed by atoms with Gasteiger partial charge in [0.1, 0.15) is 5.75 Å². The number of hydrogen-bond donors (Lipinski definition) is 2. The highest BCUT2D eigenvalue weighted by Gasteiger charge is 2.12. The number of aromatic nitrogens is 4. The molecule has 4 rings (SSSR count). The molecule has 0 fully saturated rings. The molecule has 1 amide bonds. The predicted octanol–water partition coefficient (Wildman–Crippen LogP) is 3.58. The molecule has 8 nitrogen and oxygen atoms in total. The zero-order valence-electron chi connectivity index (χ0n) is 15.3. The molecule has 0 aliphatic heterocycles. The number of aromatic amines is 1. The van der Waals surface area contributed by atoms with E-state index >= 15 is 0 Å². The molecular formula is C20H19N5O3. The molecule has 28 heavy (non-hydrogen) atoms. The molecule has 2 aromatic heterocycles. The molecule has 0 radical (unpaired) electrons. The molecule has 8 heteroatoms. The minimum atomic E-state index is -0.136. The fourth-order valence-electron chi connectivity index (χ4n) is 2.85. The summed E-state index contributed by atoms with van der Waals surface area (Å²) in [6.45, 7) is 2.55. The van der Waals surface area contributed by atoms with E-state index in [0.29, 0.717) is 30.4 Å². The highest BCUT2D eigenvalue weighted by Crippen LogP contribution is 2.22. The Hall–Kier alpha value is -3.68. The molecule has 2 aromatic carbocycles. The van der Waals surface area contributed by atoms with Gasteiger partial charge in [0.15, 0.2) is 0 Å². The lowest BCUT2D eigenvalue weighted by Crippen LogP contribution is -2.12. The highest BCUT2D eigenvalue weighted by molar-refractivity contribution is 6.00. The van der Waals surface area contributed by atoms with Gasteiger partial charge in [-0.15, -0.1) is 0 Å². The van der Waals surface area contributed by atoms with Crippen molar-refractivity contribution in [2.75, 3.05) is 11.9 Å². The zero-order chi connectivity index (χ0) is 19.3. The lowest BCUT2D eigenvalue weighted by atomic mass is 10.2. The van der Waals surface area contributed by atoms with Crippen molar-refractivity contribution in [3.05, 3.63) is 54.6 Å². The van der Waals surface area contributed by atoms with E-state index in [0.717, 1.165) is 22.2 Å². The van der Waals surface area contributed by atoms with E-state index in [4.69, 9.17) is 9.26 Å². The molecular weight excluding hydrogens is 358 g/mol. The second-order valence-electron chi connectivity index (χ2n) is 6.16. The third-order valence-electron chi connectivity index (χ3n) is 4.21. The lowest BCUT2D eigenvalue weighted by molar-refractivity contribution is -0.116. The van der Waals surface area contributed by atoms with Crippen molar-refractivity contribution in [2.45, 2.75) is 19.8 Å².